The van der Waals surface area contributed by atoms with Gasteiger partial charge in [0.2, 0.25) is 0 Å². The van der Waals surface area contributed by atoms with Crippen molar-refractivity contribution in [3.05, 3.63) is 76.6 Å². The average Bonchev–Trinajstić information content (AvgIpc) is 2.71. The van der Waals surface area contributed by atoms with Crippen molar-refractivity contribution in [2.75, 3.05) is 17.7 Å². The maximum atomic E-state index is 12.2. The molecule has 0 atom stereocenters. The molecule has 0 fully saturated rings. The molecule has 2 aromatic carbocycles. The van der Waals surface area contributed by atoms with Crippen LogP contribution >= 0.6 is 11.6 Å². The van der Waals surface area contributed by atoms with Crippen molar-refractivity contribution in [3.63, 3.8) is 0 Å². The molecule has 0 aliphatic heterocycles. The van der Waals surface area contributed by atoms with Crippen molar-refractivity contribution in [2.24, 2.45) is 0 Å². The van der Waals surface area contributed by atoms with Crippen LogP contribution in [0.3, 0.4) is 0 Å². The van der Waals surface area contributed by atoms with Crippen LogP contribution in [0.25, 0.3) is 0 Å². The van der Waals surface area contributed by atoms with Crippen LogP contribution in [0.1, 0.15) is 21.7 Å². The first kappa shape index (κ1) is 21.1. The number of aromatic nitrogens is 1. The summed E-state index contributed by atoms with van der Waals surface area (Å²) >= 11 is 6.00. The molecular formula is C22H21ClN4O3. The van der Waals surface area contributed by atoms with E-state index in [0.717, 1.165) is 5.56 Å². The van der Waals surface area contributed by atoms with E-state index in [2.05, 4.69) is 20.9 Å². The summed E-state index contributed by atoms with van der Waals surface area (Å²) in [6.45, 7) is 3.65. The highest BCUT2D eigenvalue weighted by atomic mass is 35.5. The Balaban J connectivity index is 1.63. The molecule has 7 nitrogen and oxygen atoms in total. The van der Waals surface area contributed by atoms with E-state index in [1.165, 1.54) is 0 Å². The van der Waals surface area contributed by atoms with Crippen molar-refractivity contribution in [1.29, 1.82) is 0 Å². The number of rotatable bonds is 5. The first-order chi connectivity index (χ1) is 14.3. The summed E-state index contributed by atoms with van der Waals surface area (Å²) in [5.74, 6) is 0.769. The number of carbonyl (C=O) groups is 2. The number of amides is 3. The fraction of sp³-hybridized carbons (Fsp3) is 0.136. The van der Waals surface area contributed by atoms with Crippen LogP contribution in [-0.2, 0) is 0 Å². The van der Waals surface area contributed by atoms with Crippen molar-refractivity contribution >= 4 is 34.9 Å². The molecule has 0 aliphatic carbocycles. The number of aryl methyl sites for hydroxylation is 2. The van der Waals surface area contributed by atoms with Gasteiger partial charge in [0.25, 0.3) is 5.91 Å². The highest BCUT2D eigenvalue weighted by Crippen LogP contribution is 2.25. The molecule has 0 saturated carbocycles. The zero-order valence-electron chi connectivity index (χ0n) is 16.7. The lowest BCUT2D eigenvalue weighted by atomic mass is 10.2. The van der Waals surface area contributed by atoms with Crippen LogP contribution in [-0.4, -0.2) is 24.0 Å². The lowest BCUT2D eigenvalue weighted by Gasteiger charge is -2.11. The van der Waals surface area contributed by atoms with Crippen LogP contribution < -0.4 is 20.7 Å². The van der Waals surface area contributed by atoms with Gasteiger partial charge in [-0.1, -0.05) is 11.6 Å². The largest absolute Gasteiger partial charge is 0.457 e. The standard InChI is InChI=1S/C22H21ClN4O3/c1-13-10-16(6-9-19(13)23)27-22(29)26-15-4-7-17(8-5-15)30-18-11-14(2)25-20(12-18)21(28)24-3/h4-12H,1-3H3,(H,24,28)(H2,26,27,29). The van der Waals surface area contributed by atoms with Gasteiger partial charge < -0.3 is 20.7 Å². The Kier molecular flexibility index (Phi) is 6.54. The molecule has 30 heavy (non-hydrogen) atoms. The number of hydrogen-bond acceptors (Lipinski definition) is 4. The third kappa shape index (κ3) is 5.48. The Morgan fingerprint density at radius 3 is 2.23 bits per heavy atom. The number of carbonyl (C=O) groups excluding carboxylic acids is 2. The van der Waals surface area contributed by atoms with Gasteiger partial charge in [0, 0.05) is 41.3 Å². The zero-order chi connectivity index (χ0) is 21.7. The molecule has 0 saturated heterocycles. The molecule has 0 bridgehead atoms. The topological polar surface area (TPSA) is 92.4 Å². The Labute approximate surface area is 179 Å². The molecule has 0 unspecified atom stereocenters. The van der Waals surface area contributed by atoms with Gasteiger partial charge in [-0.15, -0.1) is 0 Å². The zero-order valence-corrected chi connectivity index (χ0v) is 17.5. The van der Waals surface area contributed by atoms with E-state index in [9.17, 15) is 9.59 Å². The van der Waals surface area contributed by atoms with Crippen LogP contribution in [0.15, 0.2) is 54.6 Å². The quantitative estimate of drug-likeness (QED) is 0.528. The van der Waals surface area contributed by atoms with E-state index in [1.54, 1.807) is 68.6 Å². The number of benzene rings is 2. The summed E-state index contributed by atoms with van der Waals surface area (Å²) in [6.07, 6.45) is 0. The molecule has 0 aliphatic rings. The molecular weight excluding hydrogens is 404 g/mol. The van der Waals surface area contributed by atoms with Crippen molar-refractivity contribution in [3.8, 4) is 11.5 Å². The Morgan fingerprint density at radius 1 is 0.900 bits per heavy atom. The van der Waals surface area contributed by atoms with E-state index in [0.29, 0.717) is 33.6 Å². The van der Waals surface area contributed by atoms with Gasteiger partial charge in [0.1, 0.15) is 17.2 Å². The molecule has 3 amide bonds. The van der Waals surface area contributed by atoms with Crippen molar-refractivity contribution in [1.82, 2.24) is 10.3 Å². The number of nitrogens with one attached hydrogen (secondary N) is 3. The third-order valence-electron chi connectivity index (χ3n) is 4.15. The Hall–Kier alpha value is -3.58. The van der Waals surface area contributed by atoms with Gasteiger partial charge in [0.05, 0.1) is 0 Å². The molecule has 3 N–H and O–H groups in total. The van der Waals surface area contributed by atoms with Gasteiger partial charge in [0.15, 0.2) is 0 Å². The average molecular weight is 425 g/mol. The normalized spacial score (nSPS) is 10.3. The first-order valence-corrected chi connectivity index (χ1v) is 9.54. The summed E-state index contributed by atoms with van der Waals surface area (Å²) in [7, 11) is 1.54. The number of ether oxygens (including phenoxy) is 1. The predicted molar refractivity (Wildman–Crippen MR) is 118 cm³/mol. The van der Waals surface area contributed by atoms with Crippen molar-refractivity contribution in [2.45, 2.75) is 13.8 Å². The smallest absolute Gasteiger partial charge is 0.323 e. The minimum absolute atomic E-state index is 0.278. The maximum Gasteiger partial charge on any atom is 0.323 e. The van der Waals surface area contributed by atoms with Crippen LogP contribution in [0.5, 0.6) is 11.5 Å². The second kappa shape index (κ2) is 9.28. The number of nitrogens with zero attached hydrogens (tertiary/aromatic N) is 1. The predicted octanol–water partition coefficient (Wildman–Crippen LogP) is 5.15. The highest BCUT2D eigenvalue weighted by molar-refractivity contribution is 6.31. The Morgan fingerprint density at radius 2 is 1.57 bits per heavy atom. The van der Waals surface area contributed by atoms with Gasteiger partial charge in [-0.25, -0.2) is 9.78 Å². The van der Waals surface area contributed by atoms with Gasteiger partial charge in [-0.05, 0) is 61.9 Å². The van der Waals surface area contributed by atoms with E-state index in [-0.39, 0.29) is 17.6 Å². The summed E-state index contributed by atoms with van der Waals surface area (Å²) < 4.78 is 5.81. The summed E-state index contributed by atoms with van der Waals surface area (Å²) in [5.41, 5.74) is 3.07. The molecule has 154 valence electrons. The number of anilines is 2. The second-order valence-electron chi connectivity index (χ2n) is 6.58. The first-order valence-electron chi connectivity index (χ1n) is 9.17. The van der Waals surface area contributed by atoms with E-state index >= 15 is 0 Å². The Bertz CT molecular complexity index is 1080. The molecule has 1 aromatic heterocycles. The minimum Gasteiger partial charge on any atom is -0.457 e. The lowest BCUT2D eigenvalue weighted by molar-refractivity contribution is 0.0957. The molecule has 3 aromatic rings. The maximum absolute atomic E-state index is 12.2. The molecule has 0 spiro atoms. The molecule has 0 radical (unpaired) electrons. The van der Waals surface area contributed by atoms with Crippen LogP contribution in [0.4, 0.5) is 16.2 Å². The van der Waals surface area contributed by atoms with Crippen molar-refractivity contribution < 1.29 is 14.3 Å². The monoisotopic (exact) mass is 424 g/mol. The number of hydrogen-bond donors (Lipinski definition) is 3. The summed E-state index contributed by atoms with van der Waals surface area (Å²) in [4.78, 5) is 28.2. The molecule has 8 heteroatoms. The van der Waals surface area contributed by atoms with Gasteiger partial charge in [-0.3, -0.25) is 4.79 Å². The summed E-state index contributed by atoms with van der Waals surface area (Å²) in [5, 5.41) is 8.69. The number of urea groups is 1. The van der Waals surface area contributed by atoms with Gasteiger partial charge in [-0.2, -0.15) is 0 Å². The molecule has 1 heterocycles. The number of halogens is 1. The SMILES string of the molecule is CNC(=O)c1cc(Oc2ccc(NC(=O)Nc3ccc(Cl)c(C)c3)cc2)cc(C)n1. The minimum atomic E-state index is -0.370. The fourth-order valence-corrected chi connectivity index (χ4v) is 2.82. The highest BCUT2D eigenvalue weighted by Gasteiger charge is 2.09. The number of pyridine rings is 1. The van der Waals surface area contributed by atoms with E-state index in [4.69, 9.17) is 16.3 Å². The fourth-order valence-electron chi connectivity index (χ4n) is 2.70. The molecule has 3 rings (SSSR count). The van der Waals surface area contributed by atoms with Crippen LogP contribution in [0.2, 0.25) is 5.02 Å². The van der Waals surface area contributed by atoms with E-state index < -0.39 is 0 Å². The second-order valence-corrected chi connectivity index (χ2v) is 6.99. The van der Waals surface area contributed by atoms with E-state index in [1.807, 2.05) is 6.92 Å². The summed E-state index contributed by atoms with van der Waals surface area (Å²) in [6, 6.07) is 15.1. The van der Waals surface area contributed by atoms with Gasteiger partial charge >= 0.3 is 6.03 Å². The lowest BCUT2D eigenvalue weighted by Crippen LogP contribution is -2.19. The third-order valence-corrected chi connectivity index (χ3v) is 4.57. The van der Waals surface area contributed by atoms with Crippen LogP contribution in [0, 0.1) is 13.8 Å².